The highest BCUT2D eigenvalue weighted by atomic mass is 33.2. The van der Waals surface area contributed by atoms with Crippen molar-refractivity contribution in [2.24, 2.45) is 0 Å². The molecule has 4 fully saturated rings. The average molecular weight is 565 g/mol. The van der Waals surface area contributed by atoms with Gasteiger partial charge < -0.3 is 0 Å². The maximum atomic E-state index is 2.20. The Bertz CT molecular complexity index is 142. The summed E-state index contributed by atoms with van der Waals surface area (Å²) in [6.45, 7) is 32.8. The first kappa shape index (κ1) is 49.0. The molecule has 0 nitrogen and oxygen atoms in total. The molecule has 0 saturated carbocycles. The molecule has 8 heteroatoms. The molecule has 188 valence electrons. The summed E-state index contributed by atoms with van der Waals surface area (Å²) in [6, 6.07) is 0. The minimum atomic E-state index is 0. The van der Waals surface area contributed by atoms with E-state index >= 15 is 0 Å². The van der Waals surface area contributed by atoms with E-state index < -0.39 is 0 Å². The molecule has 0 aliphatic carbocycles. The van der Waals surface area contributed by atoms with Crippen molar-refractivity contribution in [1.82, 2.24) is 0 Å². The number of rotatable bonds is 0. The Morgan fingerprint density at radius 3 is 0.310 bits per heavy atom. The zero-order chi connectivity index (χ0) is 24.0. The molecule has 4 aliphatic heterocycles. The van der Waals surface area contributed by atoms with Crippen molar-refractivity contribution in [3.8, 4) is 0 Å². The Kier molecular flexibility index (Phi) is 89.0. The maximum Gasteiger partial charge on any atom is 0.0682 e. The molecule has 0 aromatic heterocycles. The lowest BCUT2D eigenvalue weighted by atomic mass is 11.0. The molecule has 0 bridgehead atoms. The Balaban J connectivity index is -0.0000000379. The van der Waals surface area contributed by atoms with Crippen molar-refractivity contribution >= 4 is 86.4 Å². The van der Waals surface area contributed by atoms with Crippen molar-refractivity contribution in [1.29, 1.82) is 0 Å². The molecule has 0 amide bonds. The lowest BCUT2D eigenvalue weighted by molar-refractivity contribution is 1.48. The van der Waals surface area contributed by atoms with E-state index in [0.717, 1.165) is 18.3 Å². The normalized spacial score (nSPS) is 15.7. The summed E-state index contributed by atoms with van der Waals surface area (Å²) in [7, 11) is 15.5. The van der Waals surface area contributed by atoms with Crippen molar-refractivity contribution in [3.05, 3.63) is 0 Å². The van der Waals surface area contributed by atoms with Crippen LogP contribution in [-0.4, -0.2) is 18.3 Å². The van der Waals surface area contributed by atoms with Crippen LogP contribution in [0.2, 0.25) is 0 Å². The second kappa shape index (κ2) is 52.6. The van der Waals surface area contributed by atoms with E-state index in [-0.39, 0.29) is 7.43 Å². The third-order valence-corrected chi connectivity index (χ3v) is 10.4. The van der Waals surface area contributed by atoms with Crippen LogP contribution in [-0.2, 0) is 0 Å². The van der Waals surface area contributed by atoms with Crippen molar-refractivity contribution < 1.29 is 0 Å². The Morgan fingerprint density at radius 1 is 0.276 bits per heavy atom. The lowest BCUT2D eigenvalue weighted by Gasteiger charge is -1.47. The first-order valence-electron chi connectivity index (χ1n) is 10.9. The van der Waals surface area contributed by atoms with Gasteiger partial charge in [-0.1, -0.05) is 177 Å². The first-order valence-corrected chi connectivity index (χ1v) is 20.0. The standard InChI is InChI=1S/4C2H4S2.6C2H6.CH4/c4*1-2-3-4-2;6*1-2;/h4*2H,1H3;6*1-2H3;1H4. The number of hydrogen-bond acceptors (Lipinski definition) is 8. The summed E-state index contributed by atoms with van der Waals surface area (Å²) in [5.41, 5.74) is 0. The smallest absolute Gasteiger partial charge is 0.0682 e. The zero-order valence-corrected chi connectivity index (χ0v) is 28.1. The summed E-state index contributed by atoms with van der Waals surface area (Å²) in [5.74, 6) is 0. The van der Waals surface area contributed by atoms with E-state index in [9.17, 15) is 0 Å². The van der Waals surface area contributed by atoms with Gasteiger partial charge in [-0.15, -0.1) is 0 Å². The molecule has 0 atom stereocenters. The highest BCUT2D eigenvalue weighted by molar-refractivity contribution is 8.93. The summed E-state index contributed by atoms with van der Waals surface area (Å²) < 4.78 is 3.67. The third-order valence-electron chi connectivity index (χ3n) is 1.15. The van der Waals surface area contributed by atoms with Gasteiger partial charge in [-0.05, 0) is 27.7 Å². The van der Waals surface area contributed by atoms with E-state index in [1.807, 2.05) is 169 Å². The fourth-order valence-corrected chi connectivity index (χ4v) is 2.00. The molecule has 29 heavy (non-hydrogen) atoms. The molecule has 4 heterocycles. The van der Waals surface area contributed by atoms with Crippen molar-refractivity contribution in [2.75, 3.05) is 0 Å². The first-order chi connectivity index (χ1) is 13.6. The van der Waals surface area contributed by atoms with Gasteiger partial charge in [-0.3, -0.25) is 0 Å². The van der Waals surface area contributed by atoms with Gasteiger partial charge in [0.1, 0.15) is 0 Å². The molecule has 4 rings (SSSR count). The minimum Gasteiger partial charge on any atom is -0.0780 e. The molecule has 0 aromatic rings. The predicted octanol–water partition coefficient (Wildman–Crippen LogP) is 13.7. The van der Waals surface area contributed by atoms with Crippen LogP contribution in [0.5, 0.6) is 0 Å². The van der Waals surface area contributed by atoms with Crippen LogP contribution in [0.15, 0.2) is 0 Å². The SMILES string of the molecule is C.CC.CC.CC.CC.CC.CC.CC1SS1.CC1SS1.CC1SS1.CC1SS1. The van der Waals surface area contributed by atoms with Gasteiger partial charge in [0.05, 0.1) is 18.3 Å². The molecule has 0 unspecified atom stereocenters. The molecule has 0 aromatic carbocycles. The van der Waals surface area contributed by atoms with E-state index in [2.05, 4.69) is 27.7 Å². The van der Waals surface area contributed by atoms with Crippen molar-refractivity contribution in [2.45, 2.75) is 137 Å². The fourth-order valence-electron chi connectivity index (χ4n) is 0.222. The Morgan fingerprint density at radius 2 is 0.310 bits per heavy atom. The van der Waals surface area contributed by atoms with Crippen LogP contribution in [0.3, 0.4) is 0 Å². The zero-order valence-electron chi connectivity index (χ0n) is 21.6. The molecule has 0 spiro atoms. The maximum absolute atomic E-state index is 2.20. The molecular weight excluding hydrogens is 509 g/mol. The summed E-state index contributed by atoms with van der Waals surface area (Å²) in [4.78, 5) is 0. The summed E-state index contributed by atoms with van der Waals surface area (Å²) in [5, 5.41) is 0. The molecular formula is C21H56S8. The Labute approximate surface area is 221 Å². The summed E-state index contributed by atoms with van der Waals surface area (Å²) in [6.07, 6.45) is 0. The van der Waals surface area contributed by atoms with Crippen LogP contribution < -0.4 is 0 Å². The minimum absolute atomic E-state index is 0. The summed E-state index contributed by atoms with van der Waals surface area (Å²) >= 11 is 0. The highest BCUT2D eigenvalue weighted by Gasteiger charge is 2.16. The molecule has 0 N–H and O–H groups in total. The molecule has 4 saturated heterocycles. The van der Waals surface area contributed by atoms with Crippen LogP contribution in [0, 0.1) is 0 Å². The van der Waals surface area contributed by atoms with Crippen LogP contribution in [0.4, 0.5) is 0 Å². The largest absolute Gasteiger partial charge is 0.0780 e. The van der Waals surface area contributed by atoms with Gasteiger partial charge in [-0.2, -0.15) is 0 Å². The van der Waals surface area contributed by atoms with Gasteiger partial charge in [-0.25, -0.2) is 0 Å². The van der Waals surface area contributed by atoms with Crippen LogP contribution in [0.25, 0.3) is 0 Å². The van der Waals surface area contributed by atoms with Gasteiger partial charge >= 0.3 is 0 Å². The fraction of sp³-hybridized carbons (Fsp3) is 1.00. The third kappa shape index (κ3) is 117. The Hall–Kier alpha value is 2.80. The lowest BCUT2D eigenvalue weighted by Crippen LogP contribution is -1.47. The second-order valence-electron chi connectivity index (χ2n) is 3.04. The monoisotopic (exact) mass is 564 g/mol. The van der Waals surface area contributed by atoms with Gasteiger partial charge in [0.15, 0.2) is 0 Å². The van der Waals surface area contributed by atoms with E-state index in [1.165, 1.54) is 0 Å². The van der Waals surface area contributed by atoms with Gasteiger partial charge in [0.25, 0.3) is 0 Å². The quantitative estimate of drug-likeness (QED) is 0.208. The van der Waals surface area contributed by atoms with E-state index in [4.69, 9.17) is 0 Å². The average Bonchev–Trinajstić information content (AvgIpc) is 3.56. The molecule has 0 radical (unpaired) electrons. The molecule has 4 aliphatic rings. The van der Waals surface area contributed by atoms with E-state index in [1.54, 1.807) is 0 Å². The highest BCUT2D eigenvalue weighted by Crippen LogP contribution is 2.53. The van der Waals surface area contributed by atoms with Crippen LogP contribution in [0.1, 0.15) is 118 Å². The topological polar surface area (TPSA) is 0 Å². The number of hydrogen-bond donors (Lipinski definition) is 0. The van der Waals surface area contributed by atoms with Gasteiger partial charge in [0.2, 0.25) is 0 Å². The van der Waals surface area contributed by atoms with Crippen LogP contribution >= 0.6 is 86.4 Å². The second-order valence-corrected chi connectivity index (χ2v) is 16.0. The van der Waals surface area contributed by atoms with E-state index in [0.29, 0.717) is 0 Å². The predicted molar refractivity (Wildman–Crippen MR) is 173 cm³/mol. The van der Waals surface area contributed by atoms with Crippen molar-refractivity contribution in [3.63, 3.8) is 0 Å². The van der Waals surface area contributed by atoms with Gasteiger partial charge in [0, 0.05) is 0 Å².